The highest BCUT2D eigenvalue weighted by molar-refractivity contribution is 5.92. The van der Waals surface area contributed by atoms with Crippen molar-refractivity contribution in [3.05, 3.63) is 215 Å². The zero-order chi connectivity index (χ0) is 81.7. The molecule has 0 bridgehead atoms. The molecule has 0 aromatic heterocycles. The van der Waals surface area contributed by atoms with E-state index in [0.29, 0.717) is 42.4 Å². The zero-order valence-electron chi connectivity index (χ0n) is 70.1. The molecule has 0 N–H and O–H groups in total. The van der Waals surface area contributed by atoms with Gasteiger partial charge in [-0.25, -0.2) is 24.0 Å². The van der Waals surface area contributed by atoms with E-state index in [0.717, 1.165) is 62.2 Å². The number of carbonyl (C=O) groups is 5. The number of benzene rings is 6. The molecule has 18 nitrogen and oxygen atoms in total. The molecule has 9 rings (SSSR count). The number of carbonyl (C=O) groups excluding carboxylic acids is 5. The van der Waals surface area contributed by atoms with Crippen molar-refractivity contribution in [2.45, 2.75) is 271 Å². The Morgan fingerprint density at radius 3 is 1.13 bits per heavy atom. The van der Waals surface area contributed by atoms with Crippen molar-refractivity contribution in [2.75, 3.05) is 39.6 Å². The number of hydrogen-bond acceptors (Lipinski definition) is 18. The van der Waals surface area contributed by atoms with Crippen molar-refractivity contribution in [3.63, 3.8) is 0 Å². The molecule has 0 saturated carbocycles. The van der Waals surface area contributed by atoms with E-state index in [2.05, 4.69) is 69.2 Å². The lowest BCUT2D eigenvalue weighted by atomic mass is 9.91. The fourth-order valence-corrected chi connectivity index (χ4v) is 15.5. The van der Waals surface area contributed by atoms with E-state index in [9.17, 15) is 19.2 Å². The molecule has 18 unspecified atom stereocenters. The SMILES string of the molecule is CC(C)CCCC(C)CCCC(C)CCCC(C)CCOCC(COC1OC(COC(=O)c2ccccc2)C(OC2OC3COC(c4ccccc4)OC3C(OC(=O)c3ccccc3)C2OC(=O)c2ccccc2)C(OC(=O)c2ccccc2)C1OC(=O)c1ccccc1)OCCC(C)CCCC(C)CCCC(C)CCCC(C)C. The van der Waals surface area contributed by atoms with E-state index in [1.165, 1.54) is 89.9 Å². The van der Waals surface area contributed by atoms with Crippen molar-refractivity contribution in [2.24, 2.45) is 47.3 Å². The lowest BCUT2D eigenvalue weighted by molar-refractivity contribution is -0.384. The van der Waals surface area contributed by atoms with Gasteiger partial charge in [-0.2, -0.15) is 0 Å². The molecule has 628 valence electrons. The van der Waals surface area contributed by atoms with Crippen LogP contribution in [0.1, 0.15) is 261 Å². The molecule has 115 heavy (non-hydrogen) atoms. The van der Waals surface area contributed by atoms with Gasteiger partial charge in [-0.05, 0) is 121 Å². The van der Waals surface area contributed by atoms with Crippen molar-refractivity contribution >= 4 is 29.8 Å². The Morgan fingerprint density at radius 2 is 0.713 bits per heavy atom. The van der Waals surface area contributed by atoms with Gasteiger partial charge < -0.3 is 61.6 Å². The van der Waals surface area contributed by atoms with E-state index in [1.54, 1.807) is 152 Å². The molecule has 0 amide bonds. The summed E-state index contributed by atoms with van der Waals surface area (Å²) in [5, 5.41) is 0. The maximum absolute atomic E-state index is 15.1. The van der Waals surface area contributed by atoms with Crippen LogP contribution in [0.3, 0.4) is 0 Å². The minimum absolute atomic E-state index is 0.114. The van der Waals surface area contributed by atoms with Crippen LogP contribution < -0.4 is 0 Å². The van der Waals surface area contributed by atoms with Crippen LogP contribution in [0.5, 0.6) is 0 Å². The molecule has 0 spiro atoms. The third-order valence-corrected chi connectivity index (χ3v) is 22.6. The Balaban J connectivity index is 1.02. The maximum Gasteiger partial charge on any atom is 0.338 e. The summed E-state index contributed by atoms with van der Waals surface area (Å²) in [4.78, 5) is 74.0. The van der Waals surface area contributed by atoms with Crippen LogP contribution in [0.4, 0.5) is 0 Å². The third kappa shape index (κ3) is 31.3. The summed E-state index contributed by atoms with van der Waals surface area (Å²) >= 11 is 0. The Hall–Kier alpha value is -7.65. The smallest absolute Gasteiger partial charge is 0.338 e. The number of esters is 5. The molecule has 6 aromatic rings. The average Bonchev–Trinajstić information content (AvgIpc) is 0.754. The standard InChI is InChI=1S/C97H132O18/c1-67(2)35-29-37-69(5)39-31-41-71(7)43-33-45-73(9)59-61-103-63-81(104-62-60-74(10)46-34-44-72(8)42-32-40-70(6)38-30-36-68(3)4)64-106-96-88(112-93(101)78-53-23-14-24-54-78)86(110-91(99)76-49-19-12-20-50-76)85(82(108-96)65-105-90(98)75-47-17-11-18-48-75)115-97-89(113-94(102)79-55-25-15-26-56-79)87(111-92(100)77-51-21-13-22-52-77)84-83(109-97)66-107-95(114-84)80-57-27-16-28-58-80/h11-28,47-58,67-74,81-89,95-97H,29-46,59-66H2,1-10H3. The van der Waals surface area contributed by atoms with Crippen LogP contribution in [-0.2, 0) is 61.6 Å². The molecule has 0 aliphatic carbocycles. The van der Waals surface area contributed by atoms with Gasteiger partial charge in [0.25, 0.3) is 0 Å². The fourth-order valence-electron chi connectivity index (χ4n) is 15.5. The number of fused-ring (bicyclic) bond motifs is 1. The molecule has 18 atom stereocenters. The predicted molar refractivity (Wildman–Crippen MR) is 445 cm³/mol. The van der Waals surface area contributed by atoms with Crippen molar-refractivity contribution in [1.82, 2.24) is 0 Å². The lowest BCUT2D eigenvalue weighted by Crippen LogP contribution is -2.68. The van der Waals surface area contributed by atoms with Crippen molar-refractivity contribution in [3.8, 4) is 0 Å². The predicted octanol–water partition coefficient (Wildman–Crippen LogP) is 21.0. The van der Waals surface area contributed by atoms with E-state index in [-0.39, 0.29) is 47.6 Å². The lowest BCUT2D eigenvalue weighted by Gasteiger charge is -2.50. The molecule has 3 fully saturated rings. The van der Waals surface area contributed by atoms with E-state index >= 15 is 4.79 Å². The summed E-state index contributed by atoms with van der Waals surface area (Å²) in [6.45, 7) is 23.5. The normalized spacial score (nSPS) is 22.7. The number of hydrogen-bond donors (Lipinski definition) is 0. The zero-order valence-corrected chi connectivity index (χ0v) is 70.1. The largest absolute Gasteiger partial charge is 0.459 e. The highest BCUT2D eigenvalue weighted by Gasteiger charge is 2.59. The highest BCUT2D eigenvalue weighted by Crippen LogP contribution is 2.41. The molecule has 3 aliphatic rings. The summed E-state index contributed by atoms with van der Waals surface area (Å²) < 4.78 is 87.5. The Kier molecular flexibility index (Phi) is 39.3. The first-order chi connectivity index (χ1) is 55.7. The van der Waals surface area contributed by atoms with Gasteiger partial charge in [0.1, 0.15) is 37.1 Å². The second-order valence-electron chi connectivity index (χ2n) is 33.8. The van der Waals surface area contributed by atoms with Gasteiger partial charge in [-0.1, -0.05) is 306 Å². The van der Waals surface area contributed by atoms with Gasteiger partial charge in [-0.15, -0.1) is 0 Å². The van der Waals surface area contributed by atoms with Gasteiger partial charge in [0.05, 0.1) is 47.6 Å². The van der Waals surface area contributed by atoms with Crippen LogP contribution >= 0.6 is 0 Å². The minimum Gasteiger partial charge on any atom is -0.459 e. The molecular formula is C97H132O18. The topological polar surface area (TPSA) is 205 Å². The van der Waals surface area contributed by atoms with Crippen LogP contribution in [0.2, 0.25) is 0 Å². The van der Waals surface area contributed by atoms with Gasteiger partial charge >= 0.3 is 29.8 Å². The van der Waals surface area contributed by atoms with Gasteiger partial charge in [0, 0.05) is 18.8 Å². The Labute approximate surface area is 685 Å². The maximum atomic E-state index is 15.1. The first-order valence-corrected chi connectivity index (χ1v) is 43.1. The summed E-state index contributed by atoms with van der Waals surface area (Å²) in [5.41, 5.74) is 1.42. The fraction of sp³-hybridized carbons (Fsp3) is 0.577. The monoisotopic (exact) mass is 1580 g/mol. The molecule has 18 heteroatoms. The highest BCUT2D eigenvalue weighted by atomic mass is 16.8. The summed E-state index contributed by atoms with van der Waals surface area (Å²) in [5.74, 6) is 1.03. The molecule has 3 aliphatic heterocycles. The van der Waals surface area contributed by atoms with Crippen LogP contribution in [0.25, 0.3) is 0 Å². The second kappa shape index (κ2) is 49.5. The molecule has 3 saturated heterocycles. The molecular weight excluding hydrogens is 1450 g/mol. The summed E-state index contributed by atoms with van der Waals surface area (Å²) in [7, 11) is 0. The van der Waals surface area contributed by atoms with Crippen LogP contribution in [0.15, 0.2) is 182 Å². The summed E-state index contributed by atoms with van der Waals surface area (Å²) in [6.07, 6.45) is 6.54. The van der Waals surface area contributed by atoms with E-state index in [1.807, 2.05) is 30.3 Å². The van der Waals surface area contributed by atoms with E-state index < -0.39 is 110 Å². The first kappa shape index (κ1) is 91.3. The number of ether oxygens (including phenoxy) is 13. The quantitative estimate of drug-likeness (QED) is 0.0198. The van der Waals surface area contributed by atoms with Gasteiger partial charge in [0.15, 0.2) is 43.3 Å². The average molecular weight is 1590 g/mol. The first-order valence-electron chi connectivity index (χ1n) is 43.1. The van der Waals surface area contributed by atoms with Crippen LogP contribution in [0, 0.1) is 47.3 Å². The minimum atomic E-state index is -1.80. The Bertz CT molecular complexity index is 3700. The van der Waals surface area contributed by atoms with Crippen molar-refractivity contribution < 1.29 is 85.6 Å². The Morgan fingerprint density at radius 1 is 0.357 bits per heavy atom. The number of rotatable bonds is 50. The molecule has 0 radical (unpaired) electrons. The molecule has 3 heterocycles. The van der Waals surface area contributed by atoms with Gasteiger partial charge in [-0.3, -0.25) is 0 Å². The van der Waals surface area contributed by atoms with E-state index in [4.69, 9.17) is 61.6 Å². The second-order valence-corrected chi connectivity index (χ2v) is 33.8. The summed E-state index contributed by atoms with van der Waals surface area (Å²) in [6, 6.07) is 50.6. The van der Waals surface area contributed by atoms with Crippen LogP contribution in [-0.4, -0.2) is 137 Å². The third-order valence-electron chi connectivity index (χ3n) is 22.6. The van der Waals surface area contributed by atoms with Crippen molar-refractivity contribution in [1.29, 1.82) is 0 Å². The van der Waals surface area contributed by atoms with Gasteiger partial charge in [0.2, 0.25) is 0 Å². The molecule has 6 aromatic carbocycles.